The molecule has 1 aromatic rings. The quantitative estimate of drug-likeness (QED) is 0.635. The minimum atomic E-state index is -1.09. The maximum absolute atomic E-state index is 12.0. The van der Waals surface area contributed by atoms with E-state index in [1.807, 2.05) is 0 Å². The Labute approximate surface area is 124 Å². The number of aliphatic carboxylic acids is 1. The Bertz CT molecular complexity index is 450. The Morgan fingerprint density at radius 3 is 2.43 bits per heavy atom. The molecule has 0 aliphatic heterocycles. The van der Waals surface area contributed by atoms with E-state index >= 15 is 0 Å². The summed E-state index contributed by atoms with van der Waals surface area (Å²) >= 11 is 0. The molecular weight excluding hydrogens is 272 g/mol. The molecule has 0 radical (unpaired) electrons. The summed E-state index contributed by atoms with van der Waals surface area (Å²) in [6.07, 6.45) is 2.31. The molecule has 0 aliphatic carbocycles. The van der Waals surface area contributed by atoms with Gasteiger partial charge in [-0.2, -0.15) is 0 Å². The zero-order valence-corrected chi connectivity index (χ0v) is 12.2. The lowest BCUT2D eigenvalue weighted by atomic mass is 10.1. The number of unbranched alkanes of at least 4 members (excludes halogenated alkanes) is 2. The molecule has 1 rings (SSSR count). The van der Waals surface area contributed by atoms with Gasteiger partial charge in [0.05, 0.1) is 0 Å². The molecule has 6 nitrogen and oxygen atoms in total. The number of aliphatic hydroxyl groups is 1. The van der Waals surface area contributed by atoms with Crippen LogP contribution in [0.25, 0.3) is 0 Å². The summed E-state index contributed by atoms with van der Waals surface area (Å²) in [4.78, 5) is 24.7. The number of rotatable bonds is 8. The van der Waals surface area contributed by atoms with Crippen LogP contribution in [0.1, 0.15) is 30.9 Å². The summed E-state index contributed by atoms with van der Waals surface area (Å²) in [5, 5.41) is 20.4. The summed E-state index contributed by atoms with van der Waals surface area (Å²) in [5.74, 6) is -1.09. The highest BCUT2D eigenvalue weighted by atomic mass is 16.4. The van der Waals surface area contributed by atoms with E-state index in [1.54, 1.807) is 37.4 Å². The van der Waals surface area contributed by atoms with Crippen molar-refractivity contribution in [2.75, 3.05) is 20.2 Å². The lowest BCUT2D eigenvalue weighted by Gasteiger charge is -2.21. The van der Waals surface area contributed by atoms with Crippen LogP contribution in [0.2, 0.25) is 0 Å². The smallest absolute Gasteiger partial charge is 0.330 e. The van der Waals surface area contributed by atoms with Gasteiger partial charge in [-0.05, 0) is 24.8 Å². The molecule has 1 atom stereocenters. The van der Waals surface area contributed by atoms with Crippen LogP contribution in [0.4, 0.5) is 4.79 Å². The minimum absolute atomic E-state index is 0.144. The molecule has 0 saturated carbocycles. The number of benzene rings is 1. The lowest BCUT2D eigenvalue weighted by molar-refractivity contribution is -0.139. The number of carbonyl (C=O) groups excluding carboxylic acids is 1. The molecule has 1 unspecified atom stereocenters. The number of aliphatic hydroxyl groups excluding tert-OH is 1. The van der Waals surface area contributed by atoms with Crippen molar-refractivity contribution >= 4 is 12.0 Å². The van der Waals surface area contributed by atoms with Gasteiger partial charge in [-0.3, -0.25) is 0 Å². The van der Waals surface area contributed by atoms with E-state index in [-0.39, 0.29) is 6.61 Å². The first kappa shape index (κ1) is 17.0. The van der Waals surface area contributed by atoms with Gasteiger partial charge in [0.2, 0.25) is 0 Å². The lowest BCUT2D eigenvalue weighted by Crippen LogP contribution is -2.42. The van der Waals surface area contributed by atoms with Gasteiger partial charge in [0, 0.05) is 20.2 Å². The van der Waals surface area contributed by atoms with Crippen molar-refractivity contribution in [3.8, 4) is 0 Å². The predicted molar refractivity (Wildman–Crippen MR) is 78.9 cm³/mol. The molecular formula is C15H22N2O4. The molecule has 21 heavy (non-hydrogen) atoms. The highest BCUT2D eigenvalue weighted by Gasteiger charge is 2.23. The highest BCUT2D eigenvalue weighted by molar-refractivity contribution is 5.83. The van der Waals surface area contributed by atoms with Gasteiger partial charge < -0.3 is 20.4 Å². The fraction of sp³-hybridized carbons (Fsp3) is 0.467. The second-order valence-electron chi connectivity index (χ2n) is 4.84. The van der Waals surface area contributed by atoms with Crippen LogP contribution in [0.3, 0.4) is 0 Å². The van der Waals surface area contributed by atoms with Crippen molar-refractivity contribution in [3.05, 3.63) is 35.9 Å². The monoisotopic (exact) mass is 294 g/mol. The van der Waals surface area contributed by atoms with Gasteiger partial charge in [0.1, 0.15) is 0 Å². The zero-order chi connectivity index (χ0) is 15.7. The van der Waals surface area contributed by atoms with E-state index in [0.717, 1.165) is 12.8 Å². The molecule has 0 fully saturated rings. The molecule has 0 spiro atoms. The van der Waals surface area contributed by atoms with E-state index in [2.05, 4.69) is 5.32 Å². The first-order valence-electron chi connectivity index (χ1n) is 6.96. The molecule has 0 aromatic heterocycles. The zero-order valence-electron chi connectivity index (χ0n) is 12.2. The third-order valence-corrected chi connectivity index (χ3v) is 3.15. The molecule has 0 heterocycles. The summed E-state index contributed by atoms with van der Waals surface area (Å²) in [7, 11) is 1.62. The standard InChI is InChI=1S/C15H22N2O4/c1-17(10-6-3-7-11-18)15(21)16-13(14(19)20)12-8-4-2-5-9-12/h2,4-5,8-9,13,18H,3,6-7,10-11H2,1H3,(H,16,21)(H,19,20). The summed E-state index contributed by atoms with van der Waals surface area (Å²) < 4.78 is 0. The number of hydrogen-bond acceptors (Lipinski definition) is 3. The van der Waals surface area contributed by atoms with E-state index in [1.165, 1.54) is 4.90 Å². The average molecular weight is 294 g/mol. The van der Waals surface area contributed by atoms with Gasteiger partial charge in [0.25, 0.3) is 0 Å². The average Bonchev–Trinajstić information content (AvgIpc) is 2.49. The topological polar surface area (TPSA) is 89.9 Å². The van der Waals surface area contributed by atoms with Crippen LogP contribution in [0.15, 0.2) is 30.3 Å². The molecule has 116 valence electrons. The molecule has 0 aliphatic rings. The summed E-state index contributed by atoms with van der Waals surface area (Å²) in [6, 6.07) is 7.11. The van der Waals surface area contributed by atoms with E-state index in [9.17, 15) is 14.7 Å². The van der Waals surface area contributed by atoms with Crippen molar-refractivity contribution in [2.45, 2.75) is 25.3 Å². The fourth-order valence-electron chi connectivity index (χ4n) is 1.91. The van der Waals surface area contributed by atoms with E-state index in [0.29, 0.717) is 18.5 Å². The number of hydrogen-bond donors (Lipinski definition) is 3. The van der Waals surface area contributed by atoms with E-state index in [4.69, 9.17) is 5.11 Å². The summed E-state index contributed by atoms with van der Waals surface area (Å²) in [6.45, 7) is 0.665. The third kappa shape index (κ3) is 5.83. The Morgan fingerprint density at radius 2 is 1.86 bits per heavy atom. The second-order valence-corrected chi connectivity index (χ2v) is 4.84. The van der Waals surface area contributed by atoms with Crippen LogP contribution >= 0.6 is 0 Å². The molecule has 1 aromatic carbocycles. The third-order valence-electron chi connectivity index (χ3n) is 3.15. The SMILES string of the molecule is CN(CCCCCO)C(=O)NC(C(=O)O)c1ccccc1. The van der Waals surface area contributed by atoms with Crippen molar-refractivity contribution in [1.29, 1.82) is 0 Å². The van der Waals surface area contributed by atoms with Crippen LogP contribution in [0.5, 0.6) is 0 Å². The van der Waals surface area contributed by atoms with Gasteiger partial charge >= 0.3 is 12.0 Å². The van der Waals surface area contributed by atoms with Crippen LogP contribution < -0.4 is 5.32 Å². The molecule has 2 amide bonds. The van der Waals surface area contributed by atoms with Crippen molar-refractivity contribution < 1.29 is 19.8 Å². The number of nitrogens with one attached hydrogen (secondary N) is 1. The van der Waals surface area contributed by atoms with Crippen LogP contribution in [-0.2, 0) is 4.79 Å². The van der Waals surface area contributed by atoms with Gasteiger partial charge in [0.15, 0.2) is 6.04 Å². The number of carboxylic acid groups (broad SMARTS) is 1. The van der Waals surface area contributed by atoms with Crippen molar-refractivity contribution in [1.82, 2.24) is 10.2 Å². The fourth-order valence-corrected chi connectivity index (χ4v) is 1.91. The maximum atomic E-state index is 12.0. The number of urea groups is 1. The van der Waals surface area contributed by atoms with Crippen LogP contribution in [-0.4, -0.2) is 47.3 Å². The summed E-state index contributed by atoms with van der Waals surface area (Å²) in [5.41, 5.74) is 0.534. The molecule has 0 bridgehead atoms. The van der Waals surface area contributed by atoms with Gasteiger partial charge in [-0.25, -0.2) is 9.59 Å². The number of carbonyl (C=O) groups is 2. The Hall–Kier alpha value is -2.08. The predicted octanol–water partition coefficient (Wildman–Crippen LogP) is 1.62. The number of carboxylic acids is 1. The second kappa shape index (κ2) is 8.97. The first-order valence-corrected chi connectivity index (χ1v) is 6.96. The number of amides is 2. The molecule has 0 saturated heterocycles. The molecule has 6 heteroatoms. The van der Waals surface area contributed by atoms with Gasteiger partial charge in [-0.1, -0.05) is 30.3 Å². The Balaban J connectivity index is 2.55. The van der Waals surface area contributed by atoms with E-state index < -0.39 is 18.0 Å². The van der Waals surface area contributed by atoms with Crippen molar-refractivity contribution in [3.63, 3.8) is 0 Å². The highest BCUT2D eigenvalue weighted by Crippen LogP contribution is 2.13. The minimum Gasteiger partial charge on any atom is -0.479 e. The first-order chi connectivity index (χ1) is 10.1. The van der Waals surface area contributed by atoms with Gasteiger partial charge in [-0.15, -0.1) is 0 Å². The molecule has 3 N–H and O–H groups in total. The van der Waals surface area contributed by atoms with Crippen molar-refractivity contribution in [2.24, 2.45) is 0 Å². The van der Waals surface area contributed by atoms with Crippen LogP contribution in [0, 0.1) is 0 Å². The normalized spacial score (nSPS) is 11.7. The number of nitrogens with zero attached hydrogens (tertiary/aromatic N) is 1. The largest absolute Gasteiger partial charge is 0.479 e. The Morgan fingerprint density at radius 1 is 1.19 bits per heavy atom. The Kier molecular flexibility index (Phi) is 7.25. The maximum Gasteiger partial charge on any atom is 0.330 e.